The van der Waals surface area contributed by atoms with Crippen molar-refractivity contribution in [3.63, 3.8) is 0 Å². The molecule has 0 saturated heterocycles. The lowest BCUT2D eigenvalue weighted by molar-refractivity contribution is -0.136. The van der Waals surface area contributed by atoms with E-state index in [0.717, 1.165) is 25.2 Å². The van der Waals surface area contributed by atoms with E-state index in [9.17, 15) is 23.5 Å². The van der Waals surface area contributed by atoms with Gasteiger partial charge in [0.05, 0.1) is 18.5 Å². The number of fused-ring (bicyclic) bond motifs is 2. The molecule has 2 aliphatic carbocycles. The lowest BCUT2D eigenvalue weighted by Crippen LogP contribution is -2.76. The predicted molar refractivity (Wildman–Crippen MR) is 112 cm³/mol. The first kappa shape index (κ1) is 22.0. The third kappa shape index (κ3) is 3.91. The van der Waals surface area contributed by atoms with E-state index in [4.69, 9.17) is 16.3 Å². The molecule has 3 aliphatic rings. The standard InChI is InChI=1S/C22H21ClF2N4O4/c23-10-1-2-17-11(5-10)16(30)6-18(33-17)21(32)28-13-7-22(4-3-12(13)22)29-20(31)15-9-26-14(8-27-15)19(24)25/h1-2,5,8-9,12-13,16,18-19,30H,3-4,6-7H2,(H,28,32)(H,29,31). The molecule has 5 unspecified atom stereocenters. The number of ether oxygens (including phenoxy) is 1. The molecule has 1 aromatic heterocycles. The zero-order chi connectivity index (χ0) is 23.3. The Balaban J connectivity index is 1.18. The van der Waals surface area contributed by atoms with Gasteiger partial charge in [-0.2, -0.15) is 0 Å². The number of aliphatic hydroxyl groups excluding tert-OH is 1. The second kappa shape index (κ2) is 8.18. The number of alkyl halides is 2. The van der Waals surface area contributed by atoms with Crippen LogP contribution >= 0.6 is 11.6 Å². The van der Waals surface area contributed by atoms with Crippen LogP contribution in [0, 0.1) is 5.92 Å². The molecule has 0 radical (unpaired) electrons. The summed E-state index contributed by atoms with van der Waals surface area (Å²) < 4.78 is 31.0. The molecule has 8 nitrogen and oxygen atoms in total. The number of amides is 2. The summed E-state index contributed by atoms with van der Waals surface area (Å²) in [6.07, 6.45) is -0.265. The Morgan fingerprint density at radius 3 is 2.73 bits per heavy atom. The number of carbonyl (C=O) groups is 2. The highest BCUT2D eigenvalue weighted by Crippen LogP contribution is 2.54. The second-order valence-corrected chi connectivity index (χ2v) is 9.18. The average molecular weight is 479 g/mol. The molecule has 2 amide bonds. The van der Waals surface area contributed by atoms with Gasteiger partial charge in [0.2, 0.25) is 0 Å². The summed E-state index contributed by atoms with van der Waals surface area (Å²) in [6, 6.07) is 4.76. The van der Waals surface area contributed by atoms with Gasteiger partial charge in [-0.05, 0) is 37.5 Å². The molecule has 5 rings (SSSR count). The molecule has 11 heteroatoms. The fourth-order valence-electron chi connectivity index (χ4n) is 4.94. The van der Waals surface area contributed by atoms with Crippen LogP contribution in [0.25, 0.3) is 0 Å². The number of hydrogen-bond donors (Lipinski definition) is 3. The van der Waals surface area contributed by atoms with Gasteiger partial charge in [-0.3, -0.25) is 14.6 Å². The van der Waals surface area contributed by atoms with E-state index < -0.39 is 35.8 Å². The van der Waals surface area contributed by atoms with Crippen LogP contribution in [0.5, 0.6) is 5.75 Å². The molecule has 2 fully saturated rings. The first-order valence-electron chi connectivity index (χ1n) is 10.6. The Hall–Kier alpha value is -2.85. The Labute approximate surface area is 192 Å². The average Bonchev–Trinajstić information content (AvgIpc) is 2.78. The number of aliphatic hydroxyl groups is 1. The highest BCUT2D eigenvalue weighted by atomic mass is 35.5. The molecule has 0 spiro atoms. The third-order valence-electron chi connectivity index (χ3n) is 6.83. The van der Waals surface area contributed by atoms with Gasteiger partial charge in [0, 0.05) is 34.5 Å². The Bertz CT molecular complexity index is 1100. The lowest BCUT2D eigenvalue weighted by Gasteiger charge is -2.63. The van der Waals surface area contributed by atoms with Crippen molar-refractivity contribution in [1.82, 2.24) is 20.6 Å². The van der Waals surface area contributed by atoms with E-state index in [0.29, 0.717) is 22.8 Å². The smallest absolute Gasteiger partial charge is 0.281 e. The minimum atomic E-state index is -2.75. The van der Waals surface area contributed by atoms with Crippen LogP contribution in [0.15, 0.2) is 30.6 Å². The minimum Gasteiger partial charge on any atom is -0.480 e. The molecule has 174 valence electrons. The molecule has 0 bridgehead atoms. The number of hydrogen-bond acceptors (Lipinski definition) is 6. The van der Waals surface area contributed by atoms with E-state index >= 15 is 0 Å². The van der Waals surface area contributed by atoms with Gasteiger partial charge >= 0.3 is 0 Å². The molecule has 1 aliphatic heterocycles. The fraction of sp³-hybridized carbons (Fsp3) is 0.455. The number of halogens is 3. The van der Waals surface area contributed by atoms with Crippen LogP contribution in [-0.4, -0.2) is 44.6 Å². The first-order valence-corrected chi connectivity index (χ1v) is 11.0. The van der Waals surface area contributed by atoms with Gasteiger partial charge in [-0.25, -0.2) is 13.8 Å². The lowest BCUT2D eigenvalue weighted by atomic mass is 9.50. The van der Waals surface area contributed by atoms with Crippen molar-refractivity contribution in [3.05, 3.63) is 52.6 Å². The maximum Gasteiger partial charge on any atom is 0.281 e. The molecular formula is C22H21ClF2N4O4. The summed E-state index contributed by atoms with van der Waals surface area (Å²) in [5.74, 6) is -0.318. The largest absolute Gasteiger partial charge is 0.480 e. The van der Waals surface area contributed by atoms with Crippen molar-refractivity contribution < 1.29 is 28.2 Å². The van der Waals surface area contributed by atoms with Gasteiger partial charge in [-0.15, -0.1) is 0 Å². The fourth-order valence-corrected chi connectivity index (χ4v) is 5.12. The SMILES string of the molecule is O=C(NC12CCC1C(NC(=O)C1CC(O)c3cc(Cl)ccc3O1)C2)c1cnc(C(F)F)cn1. The summed E-state index contributed by atoms with van der Waals surface area (Å²) in [7, 11) is 0. The Kier molecular flexibility index (Phi) is 5.44. The van der Waals surface area contributed by atoms with Crippen LogP contribution in [0.3, 0.4) is 0 Å². The van der Waals surface area contributed by atoms with Crippen molar-refractivity contribution >= 4 is 23.4 Å². The summed E-state index contributed by atoms with van der Waals surface area (Å²) in [5, 5.41) is 16.8. The number of benzene rings is 1. The number of rotatable bonds is 5. The monoisotopic (exact) mass is 478 g/mol. The van der Waals surface area contributed by atoms with Crippen molar-refractivity contribution in [2.24, 2.45) is 5.92 Å². The van der Waals surface area contributed by atoms with Crippen molar-refractivity contribution in [2.75, 3.05) is 0 Å². The molecule has 2 saturated carbocycles. The molecular weight excluding hydrogens is 458 g/mol. The van der Waals surface area contributed by atoms with Crippen LogP contribution in [0.1, 0.15) is 60.0 Å². The normalized spacial score (nSPS) is 29.6. The van der Waals surface area contributed by atoms with Gasteiger partial charge in [0.15, 0.2) is 6.10 Å². The van der Waals surface area contributed by atoms with Crippen molar-refractivity contribution in [1.29, 1.82) is 0 Å². The Morgan fingerprint density at radius 2 is 2.09 bits per heavy atom. The maximum absolute atomic E-state index is 12.8. The minimum absolute atomic E-state index is 0.0322. The quantitative estimate of drug-likeness (QED) is 0.609. The number of carbonyl (C=O) groups excluding carboxylic acids is 2. The molecule has 2 heterocycles. The van der Waals surface area contributed by atoms with E-state index in [1.807, 2.05) is 0 Å². The molecule has 5 atom stereocenters. The number of nitrogens with zero attached hydrogens (tertiary/aromatic N) is 2. The van der Waals surface area contributed by atoms with E-state index in [1.54, 1.807) is 18.2 Å². The van der Waals surface area contributed by atoms with E-state index in [2.05, 4.69) is 20.6 Å². The first-order chi connectivity index (χ1) is 15.8. The van der Waals surface area contributed by atoms with E-state index in [1.165, 1.54) is 0 Å². The van der Waals surface area contributed by atoms with Gasteiger partial charge < -0.3 is 20.5 Å². The zero-order valence-electron chi connectivity index (χ0n) is 17.3. The molecule has 3 N–H and O–H groups in total. The highest BCUT2D eigenvalue weighted by Gasteiger charge is 2.61. The van der Waals surface area contributed by atoms with Crippen LogP contribution in [-0.2, 0) is 4.79 Å². The molecule has 33 heavy (non-hydrogen) atoms. The van der Waals surface area contributed by atoms with Gasteiger partial charge in [-0.1, -0.05) is 11.6 Å². The number of nitrogens with one attached hydrogen (secondary N) is 2. The maximum atomic E-state index is 12.8. The number of aromatic nitrogens is 2. The van der Waals surface area contributed by atoms with Gasteiger partial charge in [0.25, 0.3) is 18.2 Å². The van der Waals surface area contributed by atoms with Crippen molar-refractivity contribution in [3.8, 4) is 5.75 Å². The summed E-state index contributed by atoms with van der Waals surface area (Å²) >= 11 is 5.97. The Morgan fingerprint density at radius 1 is 1.27 bits per heavy atom. The third-order valence-corrected chi connectivity index (χ3v) is 7.06. The highest BCUT2D eigenvalue weighted by molar-refractivity contribution is 6.30. The van der Waals surface area contributed by atoms with Crippen molar-refractivity contribution in [2.45, 2.75) is 55.9 Å². The molecule has 2 aromatic rings. The summed E-state index contributed by atoms with van der Waals surface area (Å²) in [6.45, 7) is 0. The second-order valence-electron chi connectivity index (χ2n) is 8.74. The summed E-state index contributed by atoms with van der Waals surface area (Å²) in [5.41, 5.74) is -0.414. The topological polar surface area (TPSA) is 113 Å². The van der Waals surface area contributed by atoms with E-state index in [-0.39, 0.29) is 30.0 Å². The van der Waals surface area contributed by atoms with Crippen LogP contribution in [0.4, 0.5) is 8.78 Å². The van der Waals surface area contributed by atoms with Crippen LogP contribution in [0.2, 0.25) is 5.02 Å². The summed E-state index contributed by atoms with van der Waals surface area (Å²) in [4.78, 5) is 32.7. The van der Waals surface area contributed by atoms with Gasteiger partial charge in [0.1, 0.15) is 17.1 Å². The zero-order valence-corrected chi connectivity index (χ0v) is 18.1. The van der Waals surface area contributed by atoms with Crippen LogP contribution < -0.4 is 15.4 Å². The predicted octanol–water partition coefficient (Wildman–Crippen LogP) is 2.72. The molecule has 1 aromatic carbocycles.